The summed E-state index contributed by atoms with van der Waals surface area (Å²) < 4.78 is 0. The van der Waals surface area contributed by atoms with Crippen LogP contribution in [0.2, 0.25) is 0 Å². The van der Waals surface area contributed by atoms with Gasteiger partial charge in [-0.2, -0.15) is 0 Å². The van der Waals surface area contributed by atoms with Gasteiger partial charge in [0.05, 0.1) is 16.9 Å². The Labute approximate surface area is 130 Å². The minimum atomic E-state index is -0.650. The Balaban J connectivity index is 1.63. The van der Waals surface area contributed by atoms with Crippen LogP contribution in [0.25, 0.3) is 0 Å². The third kappa shape index (κ3) is 2.73. The zero-order valence-electron chi connectivity index (χ0n) is 11.4. The molecule has 3 rings (SSSR count). The van der Waals surface area contributed by atoms with Crippen LogP contribution in [0.5, 0.6) is 0 Å². The molecule has 1 aliphatic heterocycles. The summed E-state index contributed by atoms with van der Waals surface area (Å²) in [4.78, 5) is 41.7. The molecule has 110 valence electrons. The molecule has 2 amide bonds. The maximum Gasteiger partial charge on any atom is 0.343 e. The van der Waals surface area contributed by atoms with Crippen molar-refractivity contribution in [2.24, 2.45) is 0 Å². The number of hydroxylamine groups is 2. The second-order valence-corrected chi connectivity index (χ2v) is 5.56. The first-order chi connectivity index (χ1) is 10.7. The molecule has 6 heteroatoms. The number of amides is 2. The van der Waals surface area contributed by atoms with Gasteiger partial charge in [-0.15, -0.1) is 11.8 Å². The molecule has 0 bridgehead atoms. The zero-order valence-corrected chi connectivity index (χ0v) is 12.2. The SMILES string of the molecule is O=C(CSc1ccccc1)ON1C(=O)c2ccccc2C1=O. The summed E-state index contributed by atoms with van der Waals surface area (Å²) in [6.45, 7) is 0. The van der Waals surface area contributed by atoms with Crippen molar-refractivity contribution in [3.8, 4) is 0 Å². The fourth-order valence-electron chi connectivity index (χ4n) is 2.04. The van der Waals surface area contributed by atoms with Crippen LogP contribution in [0, 0.1) is 0 Å². The molecule has 0 aliphatic carbocycles. The van der Waals surface area contributed by atoms with E-state index in [2.05, 4.69) is 0 Å². The van der Waals surface area contributed by atoms with Gasteiger partial charge in [0.2, 0.25) is 0 Å². The minimum Gasteiger partial charge on any atom is -0.329 e. The minimum absolute atomic E-state index is 0.0113. The van der Waals surface area contributed by atoms with Crippen LogP contribution in [0.1, 0.15) is 20.7 Å². The molecule has 2 aromatic rings. The number of thioether (sulfide) groups is 1. The Morgan fingerprint density at radius 3 is 2.05 bits per heavy atom. The Morgan fingerprint density at radius 2 is 1.45 bits per heavy atom. The first kappa shape index (κ1) is 14.3. The molecule has 0 fully saturated rings. The van der Waals surface area contributed by atoms with Crippen molar-refractivity contribution in [1.29, 1.82) is 0 Å². The van der Waals surface area contributed by atoms with Gasteiger partial charge in [0, 0.05) is 4.90 Å². The first-order valence-corrected chi connectivity index (χ1v) is 7.52. The van der Waals surface area contributed by atoms with Crippen molar-refractivity contribution in [2.45, 2.75) is 4.90 Å². The van der Waals surface area contributed by atoms with Crippen molar-refractivity contribution in [2.75, 3.05) is 5.75 Å². The highest BCUT2D eigenvalue weighted by atomic mass is 32.2. The Morgan fingerprint density at radius 1 is 0.909 bits per heavy atom. The highest BCUT2D eigenvalue weighted by molar-refractivity contribution is 8.00. The second kappa shape index (κ2) is 6.03. The first-order valence-electron chi connectivity index (χ1n) is 6.53. The Bertz CT molecular complexity index is 710. The summed E-state index contributed by atoms with van der Waals surface area (Å²) in [5.41, 5.74) is 0.493. The standard InChI is InChI=1S/C16H11NO4S/c18-14(10-22-11-6-2-1-3-7-11)21-17-15(19)12-8-4-5-9-13(12)16(17)20/h1-9H,10H2. The third-order valence-electron chi connectivity index (χ3n) is 3.05. The smallest absolute Gasteiger partial charge is 0.329 e. The van der Waals surface area contributed by atoms with Crippen molar-refractivity contribution in [1.82, 2.24) is 5.06 Å². The lowest BCUT2D eigenvalue weighted by Crippen LogP contribution is -2.33. The van der Waals surface area contributed by atoms with Crippen LogP contribution in [0.15, 0.2) is 59.5 Å². The van der Waals surface area contributed by atoms with Gasteiger partial charge in [-0.3, -0.25) is 9.59 Å². The van der Waals surface area contributed by atoms with Gasteiger partial charge in [0.25, 0.3) is 11.8 Å². The van der Waals surface area contributed by atoms with E-state index in [0.717, 1.165) is 4.90 Å². The van der Waals surface area contributed by atoms with Crippen LogP contribution in [-0.4, -0.2) is 28.6 Å². The number of carbonyl (C=O) groups is 3. The molecular formula is C16H11NO4S. The highest BCUT2D eigenvalue weighted by Crippen LogP contribution is 2.23. The van der Waals surface area contributed by atoms with E-state index < -0.39 is 17.8 Å². The summed E-state index contributed by atoms with van der Waals surface area (Å²) in [6.07, 6.45) is 0. The number of fused-ring (bicyclic) bond motifs is 1. The molecule has 0 spiro atoms. The van der Waals surface area contributed by atoms with Gasteiger partial charge >= 0.3 is 5.97 Å². The van der Waals surface area contributed by atoms with E-state index >= 15 is 0 Å². The molecule has 0 saturated heterocycles. The Hall–Kier alpha value is -2.60. The lowest BCUT2D eigenvalue weighted by Gasteiger charge is -2.12. The molecule has 0 N–H and O–H groups in total. The van der Waals surface area contributed by atoms with E-state index in [-0.39, 0.29) is 16.9 Å². The van der Waals surface area contributed by atoms with Crippen molar-refractivity contribution < 1.29 is 19.2 Å². The average Bonchev–Trinajstić information content (AvgIpc) is 2.79. The van der Waals surface area contributed by atoms with E-state index in [1.54, 1.807) is 12.1 Å². The van der Waals surface area contributed by atoms with Crippen LogP contribution < -0.4 is 0 Å². The van der Waals surface area contributed by atoms with E-state index in [1.807, 2.05) is 30.3 Å². The number of nitrogens with zero attached hydrogens (tertiary/aromatic N) is 1. The molecule has 0 aromatic heterocycles. The van der Waals surface area contributed by atoms with Crippen molar-refractivity contribution in [3.63, 3.8) is 0 Å². The monoisotopic (exact) mass is 313 g/mol. The van der Waals surface area contributed by atoms with Crippen molar-refractivity contribution >= 4 is 29.5 Å². The number of imide groups is 1. The molecule has 0 saturated carbocycles. The van der Waals surface area contributed by atoms with Gasteiger partial charge in [-0.05, 0) is 24.3 Å². The Kier molecular flexibility index (Phi) is 3.93. The van der Waals surface area contributed by atoms with Gasteiger partial charge < -0.3 is 4.84 Å². The average molecular weight is 313 g/mol. The molecule has 0 atom stereocenters. The van der Waals surface area contributed by atoms with Gasteiger partial charge in [0.15, 0.2) is 0 Å². The molecule has 2 aromatic carbocycles. The summed E-state index contributed by atoms with van der Waals surface area (Å²) in [6, 6.07) is 15.7. The third-order valence-corrected chi connectivity index (χ3v) is 4.04. The number of hydrogen-bond donors (Lipinski definition) is 0. The maximum absolute atomic E-state index is 12.0. The molecular weight excluding hydrogens is 302 g/mol. The summed E-state index contributed by atoms with van der Waals surface area (Å²) >= 11 is 1.27. The van der Waals surface area contributed by atoms with Crippen LogP contribution in [-0.2, 0) is 9.63 Å². The fraction of sp³-hybridized carbons (Fsp3) is 0.0625. The van der Waals surface area contributed by atoms with Crippen LogP contribution in [0.4, 0.5) is 0 Å². The predicted octanol–water partition coefficient (Wildman–Crippen LogP) is 2.53. The zero-order chi connectivity index (χ0) is 15.5. The van der Waals surface area contributed by atoms with Gasteiger partial charge in [0.1, 0.15) is 0 Å². The second-order valence-electron chi connectivity index (χ2n) is 4.52. The van der Waals surface area contributed by atoms with Crippen LogP contribution >= 0.6 is 11.8 Å². The molecule has 22 heavy (non-hydrogen) atoms. The molecule has 1 aliphatic rings. The summed E-state index contributed by atoms with van der Waals surface area (Å²) in [7, 11) is 0. The number of benzene rings is 2. The fourth-order valence-corrected chi connectivity index (χ4v) is 2.72. The topological polar surface area (TPSA) is 63.7 Å². The largest absolute Gasteiger partial charge is 0.343 e. The normalized spacial score (nSPS) is 13.2. The molecule has 0 unspecified atom stereocenters. The quantitative estimate of drug-likeness (QED) is 0.641. The lowest BCUT2D eigenvalue weighted by atomic mass is 10.1. The molecule has 5 nitrogen and oxygen atoms in total. The molecule has 0 radical (unpaired) electrons. The summed E-state index contributed by atoms with van der Waals surface area (Å²) in [5, 5.41) is 0.526. The highest BCUT2D eigenvalue weighted by Gasteiger charge is 2.38. The molecule has 1 heterocycles. The van der Waals surface area contributed by atoms with E-state index in [4.69, 9.17) is 4.84 Å². The van der Waals surface area contributed by atoms with Crippen molar-refractivity contribution in [3.05, 3.63) is 65.7 Å². The van der Waals surface area contributed by atoms with Gasteiger partial charge in [-0.1, -0.05) is 35.4 Å². The maximum atomic E-state index is 12.0. The van der Waals surface area contributed by atoms with E-state index in [9.17, 15) is 14.4 Å². The number of hydrogen-bond acceptors (Lipinski definition) is 5. The van der Waals surface area contributed by atoms with Gasteiger partial charge in [-0.25, -0.2) is 4.79 Å². The summed E-state index contributed by atoms with van der Waals surface area (Å²) in [5.74, 6) is -1.86. The van der Waals surface area contributed by atoms with E-state index in [1.165, 1.54) is 23.9 Å². The predicted molar refractivity (Wildman–Crippen MR) is 80.2 cm³/mol. The number of rotatable bonds is 4. The van der Waals surface area contributed by atoms with E-state index in [0.29, 0.717) is 5.06 Å². The number of carbonyl (C=O) groups excluding carboxylic acids is 3. The lowest BCUT2D eigenvalue weighted by molar-refractivity contribution is -0.165. The van der Waals surface area contributed by atoms with Crippen LogP contribution in [0.3, 0.4) is 0 Å².